The average molecular weight is 274 g/mol. The second-order valence-electron chi connectivity index (χ2n) is 3.71. The number of carbonyl (C=O) groups excluding carboxylic acids is 1. The first-order chi connectivity index (χ1) is 8.32. The van der Waals surface area contributed by atoms with Crippen molar-refractivity contribution in [1.82, 2.24) is 0 Å². The summed E-state index contributed by atoms with van der Waals surface area (Å²) < 4.78 is 0. The molecule has 0 saturated carbocycles. The summed E-state index contributed by atoms with van der Waals surface area (Å²) in [5, 5.41) is 28.1. The van der Waals surface area contributed by atoms with Crippen molar-refractivity contribution in [1.29, 1.82) is 0 Å². The second-order valence-corrected chi connectivity index (χ2v) is 4.14. The fourth-order valence-electron chi connectivity index (χ4n) is 1.49. The van der Waals surface area contributed by atoms with Crippen molar-refractivity contribution in [2.24, 2.45) is 5.73 Å². The number of hydrogen-bond acceptors (Lipinski definition) is 4. The fourth-order valence-corrected chi connectivity index (χ4v) is 1.67. The van der Waals surface area contributed by atoms with Crippen molar-refractivity contribution < 1.29 is 24.9 Å². The monoisotopic (exact) mass is 273 g/mol. The van der Waals surface area contributed by atoms with E-state index in [2.05, 4.69) is 0 Å². The lowest BCUT2D eigenvalue weighted by atomic mass is 9.96. The van der Waals surface area contributed by atoms with Crippen LogP contribution in [0.2, 0.25) is 5.02 Å². The molecular weight excluding hydrogens is 262 g/mol. The maximum absolute atomic E-state index is 10.8. The summed E-state index contributed by atoms with van der Waals surface area (Å²) in [5.74, 6) is -2.22. The lowest BCUT2D eigenvalue weighted by molar-refractivity contribution is -0.136. The van der Waals surface area contributed by atoms with Gasteiger partial charge in [0, 0.05) is 5.02 Å². The first-order valence-electron chi connectivity index (χ1n) is 4.98. The minimum absolute atomic E-state index is 0.0659. The van der Waals surface area contributed by atoms with E-state index in [9.17, 15) is 19.8 Å². The Labute approximate surface area is 108 Å². The Balaban J connectivity index is 3.15. The third-order valence-electron chi connectivity index (χ3n) is 2.36. The fraction of sp³-hybridized carbons (Fsp3) is 0.273. The quantitative estimate of drug-likeness (QED) is 0.594. The smallest absolute Gasteiger partial charge is 0.307 e. The van der Waals surface area contributed by atoms with Crippen LogP contribution in [0, 0.1) is 0 Å². The van der Waals surface area contributed by atoms with Gasteiger partial charge in [0.25, 0.3) is 0 Å². The summed E-state index contributed by atoms with van der Waals surface area (Å²) in [6.07, 6.45) is -3.80. The number of rotatable bonds is 5. The van der Waals surface area contributed by atoms with E-state index < -0.39 is 24.1 Å². The zero-order chi connectivity index (χ0) is 13.9. The highest BCUT2D eigenvalue weighted by molar-refractivity contribution is 6.30. The van der Waals surface area contributed by atoms with Crippen LogP contribution < -0.4 is 5.73 Å². The maximum Gasteiger partial charge on any atom is 0.307 e. The number of carboxylic acids is 1. The predicted molar refractivity (Wildman–Crippen MR) is 63.0 cm³/mol. The zero-order valence-corrected chi connectivity index (χ0v) is 9.96. The van der Waals surface area contributed by atoms with Gasteiger partial charge in [-0.1, -0.05) is 17.7 Å². The number of benzene rings is 1. The number of carbonyl (C=O) groups is 2. The Kier molecular flexibility index (Phi) is 4.66. The molecular formula is C11H12ClNO5. The Morgan fingerprint density at radius 3 is 2.44 bits per heavy atom. The van der Waals surface area contributed by atoms with Gasteiger partial charge in [0.2, 0.25) is 5.91 Å². The van der Waals surface area contributed by atoms with Crippen molar-refractivity contribution in [2.45, 2.75) is 18.6 Å². The van der Waals surface area contributed by atoms with E-state index in [0.717, 1.165) is 0 Å². The predicted octanol–water partition coefficient (Wildman–Crippen LogP) is -0.153. The van der Waals surface area contributed by atoms with Crippen LogP contribution in [0.5, 0.6) is 0 Å². The zero-order valence-electron chi connectivity index (χ0n) is 9.21. The minimum Gasteiger partial charge on any atom is -0.481 e. The van der Waals surface area contributed by atoms with E-state index in [1.165, 1.54) is 18.2 Å². The highest BCUT2D eigenvalue weighted by atomic mass is 35.5. The van der Waals surface area contributed by atoms with Crippen LogP contribution in [0.4, 0.5) is 0 Å². The third kappa shape index (κ3) is 3.43. The minimum atomic E-state index is -1.82. The van der Waals surface area contributed by atoms with Crippen molar-refractivity contribution in [3.63, 3.8) is 0 Å². The molecule has 0 bridgehead atoms. The topological polar surface area (TPSA) is 121 Å². The van der Waals surface area contributed by atoms with Gasteiger partial charge in [-0.25, -0.2) is 0 Å². The second kappa shape index (κ2) is 5.81. The van der Waals surface area contributed by atoms with Gasteiger partial charge in [-0.15, -0.1) is 0 Å². The molecule has 0 aliphatic carbocycles. The van der Waals surface area contributed by atoms with Crippen molar-refractivity contribution in [3.8, 4) is 0 Å². The molecule has 0 heterocycles. The number of primary amides is 1. The van der Waals surface area contributed by atoms with E-state index in [1.54, 1.807) is 0 Å². The largest absolute Gasteiger partial charge is 0.481 e. The van der Waals surface area contributed by atoms with Crippen LogP contribution >= 0.6 is 11.6 Å². The van der Waals surface area contributed by atoms with Gasteiger partial charge < -0.3 is 21.1 Å². The summed E-state index contributed by atoms with van der Waals surface area (Å²) in [5.41, 5.74) is 5.18. The number of nitrogens with two attached hydrogens (primary N) is 1. The molecule has 0 aromatic heterocycles. The van der Waals surface area contributed by atoms with E-state index in [0.29, 0.717) is 0 Å². The molecule has 0 spiro atoms. The SMILES string of the molecule is NC(=O)C(O)C(O)c1cc(Cl)ccc1CC(=O)O. The highest BCUT2D eigenvalue weighted by Gasteiger charge is 2.26. The molecule has 2 atom stereocenters. The van der Waals surface area contributed by atoms with E-state index >= 15 is 0 Å². The summed E-state index contributed by atoms with van der Waals surface area (Å²) in [4.78, 5) is 21.5. The van der Waals surface area contributed by atoms with Gasteiger partial charge in [-0.2, -0.15) is 0 Å². The number of carboxylic acid groups (broad SMARTS) is 1. The van der Waals surface area contributed by atoms with Gasteiger partial charge in [0.1, 0.15) is 6.10 Å². The number of aliphatic hydroxyl groups is 2. The van der Waals surface area contributed by atoms with Crippen LogP contribution in [0.25, 0.3) is 0 Å². The average Bonchev–Trinajstić information content (AvgIpc) is 2.28. The molecule has 98 valence electrons. The van der Waals surface area contributed by atoms with Gasteiger partial charge in [-0.3, -0.25) is 9.59 Å². The number of amides is 1. The van der Waals surface area contributed by atoms with E-state index in [4.69, 9.17) is 22.4 Å². The Bertz CT molecular complexity index is 477. The summed E-state index contributed by atoms with van der Waals surface area (Å²) in [6, 6.07) is 4.14. The molecule has 18 heavy (non-hydrogen) atoms. The van der Waals surface area contributed by atoms with Gasteiger partial charge in [0.15, 0.2) is 6.10 Å². The molecule has 1 amide bonds. The van der Waals surface area contributed by atoms with Crippen LogP contribution in [0.15, 0.2) is 18.2 Å². The highest BCUT2D eigenvalue weighted by Crippen LogP contribution is 2.25. The lowest BCUT2D eigenvalue weighted by Crippen LogP contribution is -2.34. The molecule has 1 rings (SSSR count). The molecule has 6 nitrogen and oxygen atoms in total. The molecule has 1 aromatic carbocycles. The summed E-state index contributed by atoms with van der Waals surface area (Å²) in [6.45, 7) is 0. The molecule has 0 saturated heterocycles. The third-order valence-corrected chi connectivity index (χ3v) is 2.59. The number of halogens is 1. The van der Waals surface area contributed by atoms with Gasteiger partial charge in [0.05, 0.1) is 6.42 Å². The van der Waals surface area contributed by atoms with E-state index in [-0.39, 0.29) is 22.6 Å². The summed E-state index contributed by atoms with van der Waals surface area (Å²) >= 11 is 5.73. The molecule has 1 aromatic rings. The van der Waals surface area contributed by atoms with Gasteiger partial charge >= 0.3 is 5.97 Å². The van der Waals surface area contributed by atoms with Crippen LogP contribution in [0.1, 0.15) is 17.2 Å². The normalized spacial score (nSPS) is 13.9. The molecule has 0 fully saturated rings. The van der Waals surface area contributed by atoms with Crippen molar-refractivity contribution in [2.75, 3.05) is 0 Å². The Morgan fingerprint density at radius 1 is 1.33 bits per heavy atom. The molecule has 7 heteroatoms. The molecule has 5 N–H and O–H groups in total. The summed E-state index contributed by atoms with van der Waals surface area (Å²) in [7, 11) is 0. The number of hydrogen-bond donors (Lipinski definition) is 4. The Hall–Kier alpha value is -1.63. The first-order valence-corrected chi connectivity index (χ1v) is 5.36. The van der Waals surface area contributed by atoms with Gasteiger partial charge in [-0.05, 0) is 23.3 Å². The first kappa shape index (κ1) is 14.4. The molecule has 0 aliphatic rings. The Morgan fingerprint density at radius 2 is 1.94 bits per heavy atom. The van der Waals surface area contributed by atoms with Crippen LogP contribution in [-0.2, 0) is 16.0 Å². The molecule has 0 aliphatic heterocycles. The maximum atomic E-state index is 10.8. The molecule has 2 unspecified atom stereocenters. The van der Waals surface area contributed by atoms with Crippen molar-refractivity contribution >= 4 is 23.5 Å². The van der Waals surface area contributed by atoms with E-state index in [1.807, 2.05) is 0 Å². The number of aliphatic hydroxyl groups excluding tert-OH is 2. The van der Waals surface area contributed by atoms with Crippen LogP contribution in [-0.4, -0.2) is 33.3 Å². The molecule has 0 radical (unpaired) electrons. The lowest BCUT2D eigenvalue weighted by Gasteiger charge is -2.18. The standard InChI is InChI=1S/C11H12ClNO5/c12-6-2-1-5(3-8(14)15)7(4-6)9(16)10(17)11(13)18/h1-2,4,9-10,16-17H,3H2,(H2,13,18)(H,14,15). The van der Waals surface area contributed by atoms with Crippen LogP contribution in [0.3, 0.4) is 0 Å². The van der Waals surface area contributed by atoms with Crippen molar-refractivity contribution in [3.05, 3.63) is 34.3 Å². The number of aliphatic carboxylic acids is 1.